The average molecular weight is 264 g/mol. The van der Waals surface area contributed by atoms with Gasteiger partial charge in [0.15, 0.2) is 5.82 Å². The van der Waals surface area contributed by atoms with Crippen LogP contribution in [0.15, 0.2) is 17.2 Å². The zero-order chi connectivity index (χ0) is 13.8. The van der Waals surface area contributed by atoms with Gasteiger partial charge in [-0.3, -0.25) is 9.59 Å². The molecule has 1 heterocycles. The molecule has 0 aromatic carbocycles. The molecule has 2 N–H and O–H groups in total. The maximum Gasteiger partial charge on any atom is 0.293 e. The molecule has 0 bridgehead atoms. The highest BCUT2D eigenvalue weighted by Gasteiger charge is 2.25. The number of aromatic nitrogens is 2. The molecule has 6 nitrogen and oxygen atoms in total. The molecule has 1 aliphatic rings. The van der Waals surface area contributed by atoms with Crippen LogP contribution in [0.1, 0.15) is 32.7 Å². The highest BCUT2D eigenvalue weighted by atomic mass is 16.2. The summed E-state index contributed by atoms with van der Waals surface area (Å²) in [6.45, 7) is 4.76. The highest BCUT2D eigenvalue weighted by Crippen LogP contribution is 2.33. The van der Waals surface area contributed by atoms with Crippen molar-refractivity contribution in [2.75, 3.05) is 18.4 Å². The van der Waals surface area contributed by atoms with Gasteiger partial charge in [-0.15, -0.1) is 0 Å². The van der Waals surface area contributed by atoms with E-state index in [1.54, 1.807) is 17.0 Å². The van der Waals surface area contributed by atoms with Gasteiger partial charge in [0.25, 0.3) is 5.56 Å². The van der Waals surface area contributed by atoms with Crippen molar-refractivity contribution >= 4 is 11.7 Å². The van der Waals surface area contributed by atoms with Crippen molar-refractivity contribution in [3.05, 3.63) is 22.7 Å². The molecule has 1 fully saturated rings. The largest absolute Gasteiger partial charge is 0.356 e. The van der Waals surface area contributed by atoms with Gasteiger partial charge in [-0.25, -0.2) is 4.98 Å². The molecule has 0 spiro atoms. The standard InChI is InChI=1S/C13H20N4O2/c1-9(2)7-15-11(18)8-16-12-13(19)17(6-5-14-12)10-3-4-10/h5-6,9-10H,3-4,7-8H2,1-2H3,(H,14,16)(H,15,18). The molecule has 0 saturated heterocycles. The summed E-state index contributed by atoms with van der Waals surface area (Å²) in [5.74, 6) is 0.525. The molecule has 104 valence electrons. The Balaban J connectivity index is 1.91. The molecule has 1 aliphatic carbocycles. The van der Waals surface area contributed by atoms with Gasteiger partial charge in [-0.05, 0) is 18.8 Å². The summed E-state index contributed by atoms with van der Waals surface area (Å²) in [4.78, 5) is 27.6. The van der Waals surface area contributed by atoms with E-state index in [0.717, 1.165) is 12.8 Å². The predicted octanol–water partition coefficient (Wildman–Crippen LogP) is 0.762. The third-order valence-corrected chi connectivity index (χ3v) is 2.93. The zero-order valence-electron chi connectivity index (χ0n) is 11.3. The summed E-state index contributed by atoms with van der Waals surface area (Å²) >= 11 is 0. The molecule has 2 rings (SSSR count). The van der Waals surface area contributed by atoms with E-state index in [-0.39, 0.29) is 23.8 Å². The monoisotopic (exact) mass is 264 g/mol. The van der Waals surface area contributed by atoms with Gasteiger partial charge in [-0.1, -0.05) is 13.8 Å². The van der Waals surface area contributed by atoms with Crippen molar-refractivity contribution in [3.63, 3.8) is 0 Å². The smallest absolute Gasteiger partial charge is 0.293 e. The van der Waals surface area contributed by atoms with E-state index in [9.17, 15) is 9.59 Å². The number of hydrogen-bond donors (Lipinski definition) is 2. The van der Waals surface area contributed by atoms with Gasteiger partial charge >= 0.3 is 0 Å². The first-order chi connectivity index (χ1) is 9.08. The van der Waals surface area contributed by atoms with Crippen LogP contribution in [0.5, 0.6) is 0 Å². The van der Waals surface area contributed by atoms with Crippen LogP contribution in [-0.4, -0.2) is 28.5 Å². The Bertz CT molecular complexity index is 506. The Labute approximate surface area is 112 Å². The normalized spacial score (nSPS) is 14.5. The van der Waals surface area contributed by atoms with Crippen molar-refractivity contribution in [2.24, 2.45) is 5.92 Å². The topological polar surface area (TPSA) is 76.0 Å². The second-order valence-electron chi connectivity index (χ2n) is 5.27. The van der Waals surface area contributed by atoms with E-state index in [0.29, 0.717) is 18.5 Å². The number of nitrogens with one attached hydrogen (secondary N) is 2. The predicted molar refractivity (Wildman–Crippen MR) is 73.1 cm³/mol. The quantitative estimate of drug-likeness (QED) is 0.795. The van der Waals surface area contributed by atoms with Gasteiger partial charge in [0.1, 0.15) is 0 Å². The third kappa shape index (κ3) is 3.81. The van der Waals surface area contributed by atoms with E-state index in [1.165, 1.54) is 0 Å². The number of nitrogens with zero attached hydrogens (tertiary/aromatic N) is 2. The van der Waals surface area contributed by atoms with E-state index in [2.05, 4.69) is 15.6 Å². The molecule has 0 atom stereocenters. The Hall–Kier alpha value is -1.85. The van der Waals surface area contributed by atoms with Crippen molar-refractivity contribution in [2.45, 2.75) is 32.7 Å². The number of carbonyl (C=O) groups is 1. The number of anilines is 1. The Kier molecular flexibility index (Phi) is 4.19. The van der Waals surface area contributed by atoms with Gasteiger partial charge in [-0.2, -0.15) is 0 Å². The van der Waals surface area contributed by atoms with Gasteiger partial charge in [0.2, 0.25) is 5.91 Å². The van der Waals surface area contributed by atoms with Crippen molar-refractivity contribution in [1.82, 2.24) is 14.9 Å². The minimum Gasteiger partial charge on any atom is -0.356 e. The fraction of sp³-hybridized carbons (Fsp3) is 0.615. The van der Waals surface area contributed by atoms with Crippen LogP contribution >= 0.6 is 0 Å². The molecule has 1 aromatic heterocycles. The zero-order valence-corrected chi connectivity index (χ0v) is 11.3. The number of rotatable bonds is 6. The molecule has 0 unspecified atom stereocenters. The first-order valence-electron chi connectivity index (χ1n) is 6.65. The first kappa shape index (κ1) is 13.6. The van der Waals surface area contributed by atoms with E-state index >= 15 is 0 Å². The number of amides is 1. The van der Waals surface area contributed by atoms with Crippen LogP contribution < -0.4 is 16.2 Å². The van der Waals surface area contributed by atoms with Crippen LogP contribution in [0.2, 0.25) is 0 Å². The van der Waals surface area contributed by atoms with Crippen LogP contribution in [0.25, 0.3) is 0 Å². The number of hydrogen-bond acceptors (Lipinski definition) is 4. The SMILES string of the molecule is CC(C)CNC(=O)CNc1nccn(C2CC2)c1=O. The van der Waals surface area contributed by atoms with Gasteiger partial charge in [0, 0.05) is 25.0 Å². The highest BCUT2D eigenvalue weighted by molar-refractivity contribution is 5.80. The number of carbonyl (C=O) groups excluding carboxylic acids is 1. The molecule has 6 heteroatoms. The first-order valence-corrected chi connectivity index (χ1v) is 6.65. The van der Waals surface area contributed by atoms with Crippen LogP contribution in [0.4, 0.5) is 5.82 Å². The third-order valence-electron chi connectivity index (χ3n) is 2.93. The summed E-state index contributed by atoms with van der Waals surface area (Å²) in [6, 6.07) is 0.311. The van der Waals surface area contributed by atoms with Crippen LogP contribution in [-0.2, 0) is 4.79 Å². The van der Waals surface area contributed by atoms with E-state index < -0.39 is 0 Å². The minimum atomic E-state index is -0.151. The average Bonchev–Trinajstić information content (AvgIpc) is 3.19. The summed E-state index contributed by atoms with van der Waals surface area (Å²) in [7, 11) is 0. The Morgan fingerprint density at radius 3 is 2.89 bits per heavy atom. The molecule has 19 heavy (non-hydrogen) atoms. The summed E-state index contributed by atoms with van der Waals surface area (Å²) in [5.41, 5.74) is -0.151. The second kappa shape index (κ2) is 5.86. The maximum atomic E-state index is 12.0. The lowest BCUT2D eigenvalue weighted by Gasteiger charge is -2.09. The van der Waals surface area contributed by atoms with Crippen LogP contribution in [0.3, 0.4) is 0 Å². The van der Waals surface area contributed by atoms with Gasteiger partial charge in [0.05, 0.1) is 6.54 Å². The van der Waals surface area contributed by atoms with Crippen molar-refractivity contribution < 1.29 is 4.79 Å². The van der Waals surface area contributed by atoms with E-state index in [4.69, 9.17) is 0 Å². The fourth-order valence-electron chi connectivity index (χ4n) is 1.73. The molecular weight excluding hydrogens is 244 g/mol. The molecular formula is C13H20N4O2. The fourth-order valence-corrected chi connectivity index (χ4v) is 1.73. The lowest BCUT2D eigenvalue weighted by Crippen LogP contribution is -2.34. The minimum absolute atomic E-state index is 0.0731. The second-order valence-corrected chi connectivity index (χ2v) is 5.27. The summed E-state index contributed by atoms with van der Waals surface area (Å²) in [5, 5.41) is 5.59. The lowest BCUT2D eigenvalue weighted by atomic mass is 10.2. The molecule has 1 amide bonds. The Morgan fingerprint density at radius 2 is 2.26 bits per heavy atom. The molecule has 1 aromatic rings. The van der Waals surface area contributed by atoms with E-state index in [1.807, 2.05) is 13.8 Å². The molecule has 0 aliphatic heterocycles. The van der Waals surface area contributed by atoms with Crippen molar-refractivity contribution in [1.29, 1.82) is 0 Å². The van der Waals surface area contributed by atoms with Crippen LogP contribution in [0, 0.1) is 5.92 Å². The Morgan fingerprint density at radius 1 is 1.53 bits per heavy atom. The molecule has 0 radical (unpaired) electrons. The molecule has 1 saturated carbocycles. The van der Waals surface area contributed by atoms with Crippen molar-refractivity contribution in [3.8, 4) is 0 Å². The van der Waals surface area contributed by atoms with Gasteiger partial charge < -0.3 is 15.2 Å². The summed E-state index contributed by atoms with van der Waals surface area (Å²) in [6.07, 6.45) is 5.37. The maximum absolute atomic E-state index is 12.0. The summed E-state index contributed by atoms with van der Waals surface area (Å²) < 4.78 is 1.68. The lowest BCUT2D eigenvalue weighted by molar-refractivity contribution is -0.119.